The van der Waals surface area contributed by atoms with Crippen LogP contribution in [0.2, 0.25) is 0 Å². The average molecular weight is 354 g/mol. The van der Waals surface area contributed by atoms with Gasteiger partial charge in [-0.2, -0.15) is 0 Å². The van der Waals surface area contributed by atoms with E-state index < -0.39 is 0 Å². The van der Waals surface area contributed by atoms with Gasteiger partial charge in [0.1, 0.15) is 0 Å². The largest absolute Gasteiger partial charge is 0.493 e. The van der Waals surface area contributed by atoms with Crippen molar-refractivity contribution in [3.63, 3.8) is 0 Å². The number of ether oxygens (including phenoxy) is 2. The highest BCUT2D eigenvalue weighted by molar-refractivity contribution is 6.02. The van der Waals surface area contributed by atoms with Gasteiger partial charge < -0.3 is 19.4 Å². The molecule has 1 saturated carbocycles. The van der Waals surface area contributed by atoms with Crippen molar-refractivity contribution in [3.8, 4) is 11.5 Å². The summed E-state index contributed by atoms with van der Waals surface area (Å²) >= 11 is 0. The van der Waals surface area contributed by atoms with Crippen LogP contribution in [0.3, 0.4) is 0 Å². The summed E-state index contributed by atoms with van der Waals surface area (Å²) in [6.45, 7) is 6.71. The van der Waals surface area contributed by atoms with Crippen LogP contribution in [0.5, 0.6) is 11.5 Å². The summed E-state index contributed by atoms with van der Waals surface area (Å²) in [5.74, 6) is 1.09. The maximum atomic E-state index is 12.3. The van der Waals surface area contributed by atoms with Crippen LogP contribution in [-0.2, 0) is 4.79 Å². The monoisotopic (exact) mass is 354 g/mol. The molecular formula is C21H26N2O3. The predicted octanol–water partition coefficient (Wildman–Crippen LogP) is 4.50. The molecule has 0 aliphatic heterocycles. The number of nitrogens with one attached hydrogen (secondary N) is 1. The van der Waals surface area contributed by atoms with Crippen LogP contribution in [0, 0.1) is 13.8 Å². The van der Waals surface area contributed by atoms with Crippen LogP contribution in [0.4, 0.5) is 5.69 Å². The fourth-order valence-corrected chi connectivity index (χ4v) is 3.24. The van der Waals surface area contributed by atoms with Gasteiger partial charge in [-0.25, -0.2) is 0 Å². The first-order chi connectivity index (χ1) is 12.5. The van der Waals surface area contributed by atoms with Crippen molar-refractivity contribution in [1.29, 1.82) is 0 Å². The first kappa shape index (κ1) is 18.1. The van der Waals surface area contributed by atoms with Gasteiger partial charge in [0, 0.05) is 35.3 Å². The molecule has 1 N–H and O–H groups in total. The van der Waals surface area contributed by atoms with Crippen LogP contribution in [0.25, 0.3) is 6.08 Å². The molecule has 1 amide bonds. The number of benzene rings is 1. The zero-order valence-corrected chi connectivity index (χ0v) is 15.8. The van der Waals surface area contributed by atoms with Crippen LogP contribution >= 0.6 is 0 Å². The van der Waals surface area contributed by atoms with Crippen molar-refractivity contribution >= 4 is 17.7 Å². The minimum absolute atomic E-state index is 0.174. The van der Waals surface area contributed by atoms with Gasteiger partial charge >= 0.3 is 0 Å². The SMILES string of the molecule is CCOc1ccc(NC(=O)/C=C/c2cc(C)n(C3CC3)c2C)cc1OC. The van der Waals surface area contributed by atoms with E-state index >= 15 is 0 Å². The van der Waals surface area contributed by atoms with E-state index in [0.29, 0.717) is 29.8 Å². The third kappa shape index (κ3) is 3.93. The Balaban J connectivity index is 1.69. The number of nitrogens with zero attached hydrogens (tertiary/aromatic N) is 1. The molecule has 0 radical (unpaired) electrons. The molecule has 2 aromatic rings. The molecule has 5 heteroatoms. The highest BCUT2D eigenvalue weighted by atomic mass is 16.5. The second kappa shape index (κ2) is 7.68. The lowest BCUT2D eigenvalue weighted by molar-refractivity contribution is -0.111. The Kier molecular flexibility index (Phi) is 5.35. The molecular weight excluding hydrogens is 328 g/mol. The molecule has 3 rings (SSSR count). The Morgan fingerprint density at radius 2 is 2.04 bits per heavy atom. The van der Waals surface area contributed by atoms with Crippen LogP contribution in [0.15, 0.2) is 30.3 Å². The molecule has 0 atom stereocenters. The number of methoxy groups -OCH3 is 1. The summed E-state index contributed by atoms with van der Waals surface area (Å²) in [5, 5.41) is 2.86. The fraction of sp³-hybridized carbons (Fsp3) is 0.381. The molecule has 0 saturated heterocycles. The second-order valence-electron chi connectivity index (χ2n) is 6.55. The number of anilines is 1. The lowest BCUT2D eigenvalue weighted by atomic mass is 10.2. The summed E-state index contributed by atoms with van der Waals surface area (Å²) in [6.07, 6.45) is 5.95. The highest BCUT2D eigenvalue weighted by Gasteiger charge is 2.26. The lowest BCUT2D eigenvalue weighted by Crippen LogP contribution is -2.08. The van der Waals surface area contributed by atoms with Gasteiger partial charge in [-0.1, -0.05) is 0 Å². The lowest BCUT2D eigenvalue weighted by Gasteiger charge is -2.11. The van der Waals surface area contributed by atoms with Crippen molar-refractivity contribution in [2.24, 2.45) is 0 Å². The fourth-order valence-electron chi connectivity index (χ4n) is 3.24. The molecule has 1 aromatic heterocycles. The van der Waals surface area contributed by atoms with Gasteiger partial charge in [-0.15, -0.1) is 0 Å². The summed E-state index contributed by atoms with van der Waals surface area (Å²) in [5.41, 5.74) is 4.23. The van der Waals surface area contributed by atoms with E-state index in [9.17, 15) is 4.79 Å². The van der Waals surface area contributed by atoms with E-state index in [-0.39, 0.29) is 5.91 Å². The Labute approximate surface area is 154 Å². The average Bonchev–Trinajstić information content (AvgIpc) is 3.40. The van der Waals surface area contributed by atoms with Crippen molar-refractivity contribution in [3.05, 3.63) is 47.3 Å². The van der Waals surface area contributed by atoms with Gasteiger partial charge in [0.25, 0.3) is 0 Å². The summed E-state index contributed by atoms with van der Waals surface area (Å²) < 4.78 is 13.2. The summed E-state index contributed by atoms with van der Waals surface area (Å²) in [6, 6.07) is 8.14. The third-order valence-corrected chi connectivity index (χ3v) is 4.58. The van der Waals surface area contributed by atoms with E-state index in [2.05, 4.69) is 29.8 Å². The molecule has 1 aromatic carbocycles. The number of rotatable bonds is 7. The number of carbonyl (C=O) groups is 1. The molecule has 1 aliphatic rings. The Bertz CT molecular complexity index is 832. The van der Waals surface area contributed by atoms with Crippen LogP contribution < -0.4 is 14.8 Å². The quantitative estimate of drug-likeness (QED) is 0.745. The minimum Gasteiger partial charge on any atom is -0.493 e. The van der Waals surface area contributed by atoms with Crippen molar-refractivity contribution in [2.75, 3.05) is 19.0 Å². The summed E-state index contributed by atoms with van der Waals surface area (Å²) in [7, 11) is 1.58. The number of aromatic nitrogens is 1. The minimum atomic E-state index is -0.174. The van der Waals surface area contributed by atoms with Crippen molar-refractivity contribution in [1.82, 2.24) is 4.57 Å². The van der Waals surface area contributed by atoms with Gasteiger partial charge in [0.2, 0.25) is 5.91 Å². The molecule has 26 heavy (non-hydrogen) atoms. The number of hydrogen-bond donors (Lipinski definition) is 1. The topological polar surface area (TPSA) is 52.5 Å². The maximum absolute atomic E-state index is 12.3. The van der Waals surface area contributed by atoms with Crippen LogP contribution in [-0.4, -0.2) is 24.2 Å². The molecule has 0 unspecified atom stereocenters. The maximum Gasteiger partial charge on any atom is 0.248 e. The third-order valence-electron chi connectivity index (χ3n) is 4.58. The zero-order valence-electron chi connectivity index (χ0n) is 15.8. The molecule has 138 valence electrons. The predicted molar refractivity (Wildman–Crippen MR) is 104 cm³/mol. The van der Waals surface area contributed by atoms with E-state index in [0.717, 1.165) is 5.56 Å². The number of hydrogen-bond acceptors (Lipinski definition) is 3. The molecule has 1 heterocycles. The second-order valence-corrected chi connectivity index (χ2v) is 6.55. The Morgan fingerprint density at radius 3 is 2.69 bits per heavy atom. The standard InChI is InChI=1S/C21H26N2O3/c1-5-26-19-10-7-17(13-20(19)25-4)22-21(24)11-6-16-12-14(2)23(15(16)3)18-8-9-18/h6-7,10-13,18H,5,8-9H2,1-4H3,(H,22,24)/b11-6+. The molecule has 0 bridgehead atoms. The number of carbonyl (C=O) groups excluding carboxylic acids is 1. The van der Waals surface area contributed by atoms with Gasteiger partial charge in [-0.05, 0) is 63.5 Å². The molecule has 1 aliphatic carbocycles. The van der Waals surface area contributed by atoms with Gasteiger partial charge in [-0.3, -0.25) is 4.79 Å². The Morgan fingerprint density at radius 1 is 1.27 bits per heavy atom. The van der Waals surface area contributed by atoms with Gasteiger partial charge in [0.05, 0.1) is 13.7 Å². The van der Waals surface area contributed by atoms with Gasteiger partial charge in [0.15, 0.2) is 11.5 Å². The smallest absolute Gasteiger partial charge is 0.248 e. The van der Waals surface area contributed by atoms with Crippen LogP contribution in [0.1, 0.15) is 42.8 Å². The summed E-state index contributed by atoms with van der Waals surface area (Å²) in [4.78, 5) is 12.3. The normalized spacial score (nSPS) is 13.8. The zero-order chi connectivity index (χ0) is 18.7. The Hall–Kier alpha value is -2.69. The highest BCUT2D eigenvalue weighted by Crippen LogP contribution is 2.38. The molecule has 5 nitrogen and oxygen atoms in total. The van der Waals surface area contributed by atoms with E-state index in [1.54, 1.807) is 31.4 Å². The first-order valence-corrected chi connectivity index (χ1v) is 9.01. The van der Waals surface area contributed by atoms with Crippen molar-refractivity contribution < 1.29 is 14.3 Å². The van der Waals surface area contributed by atoms with E-state index in [4.69, 9.17) is 9.47 Å². The van der Waals surface area contributed by atoms with E-state index in [1.165, 1.54) is 24.2 Å². The van der Waals surface area contributed by atoms with E-state index in [1.807, 2.05) is 13.0 Å². The first-order valence-electron chi connectivity index (χ1n) is 9.01. The molecule has 0 spiro atoms. The molecule has 1 fully saturated rings. The van der Waals surface area contributed by atoms with Crippen molar-refractivity contribution in [2.45, 2.75) is 39.7 Å². The number of aryl methyl sites for hydroxylation is 1. The number of amides is 1.